The molecule has 0 spiro atoms. The van der Waals surface area contributed by atoms with Crippen LogP contribution in [0.5, 0.6) is 0 Å². The first-order valence-corrected chi connectivity index (χ1v) is 8.40. The topological polar surface area (TPSA) is 72.4 Å². The summed E-state index contributed by atoms with van der Waals surface area (Å²) in [5.74, 6) is -0.303. The zero-order chi connectivity index (χ0) is 17.8. The predicted octanol–water partition coefficient (Wildman–Crippen LogP) is 2.33. The largest absolute Gasteiger partial charge is 0.460 e. The van der Waals surface area contributed by atoms with E-state index in [1.807, 2.05) is 24.3 Å². The number of carbonyl (C=O) groups excluding carboxylic acids is 1. The van der Waals surface area contributed by atoms with Crippen molar-refractivity contribution in [3.63, 3.8) is 0 Å². The van der Waals surface area contributed by atoms with Crippen molar-refractivity contribution in [2.24, 2.45) is 5.10 Å². The summed E-state index contributed by atoms with van der Waals surface area (Å²) in [6.07, 6.45) is 0. The van der Waals surface area contributed by atoms with E-state index in [1.54, 1.807) is 26.0 Å². The molecule has 0 amide bonds. The van der Waals surface area contributed by atoms with Gasteiger partial charge in [0.15, 0.2) is 0 Å². The third-order valence-corrected chi connectivity index (χ3v) is 3.55. The number of nitrogens with one attached hydrogen (secondary N) is 1. The highest BCUT2D eigenvalue weighted by molar-refractivity contribution is 9.10. The van der Waals surface area contributed by atoms with E-state index in [-0.39, 0.29) is 12.4 Å². The SMILES string of the molecule is CCOC(=O)/C(=N\Nc1ccc(Br)cc1)N(CCOC)CCOC. The molecule has 1 N–H and O–H groups in total. The number of hydrogen-bond donors (Lipinski definition) is 1. The molecule has 0 saturated carbocycles. The molecule has 0 fully saturated rings. The number of nitrogens with zero attached hydrogens (tertiary/aromatic N) is 2. The molecule has 0 aliphatic heterocycles. The molecule has 1 rings (SSSR count). The summed E-state index contributed by atoms with van der Waals surface area (Å²) in [4.78, 5) is 14.0. The molecule has 24 heavy (non-hydrogen) atoms. The number of benzene rings is 1. The van der Waals surface area contributed by atoms with Crippen molar-refractivity contribution in [2.75, 3.05) is 52.6 Å². The normalized spacial score (nSPS) is 11.2. The van der Waals surface area contributed by atoms with Crippen LogP contribution in [-0.4, -0.2) is 63.8 Å². The van der Waals surface area contributed by atoms with Crippen molar-refractivity contribution >= 4 is 33.4 Å². The molecule has 0 saturated heterocycles. The van der Waals surface area contributed by atoms with Crippen molar-refractivity contribution in [3.05, 3.63) is 28.7 Å². The quantitative estimate of drug-likeness (QED) is 0.296. The minimum atomic E-state index is -0.491. The maximum Gasteiger partial charge on any atom is 0.375 e. The maximum atomic E-state index is 12.3. The molecule has 134 valence electrons. The molecule has 7 nitrogen and oxygen atoms in total. The highest BCUT2D eigenvalue weighted by Gasteiger charge is 2.21. The van der Waals surface area contributed by atoms with Gasteiger partial charge in [-0.15, -0.1) is 5.10 Å². The summed E-state index contributed by atoms with van der Waals surface area (Å²) >= 11 is 3.38. The zero-order valence-corrected chi connectivity index (χ0v) is 15.8. The first-order chi connectivity index (χ1) is 11.6. The number of hydrogen-bond acceptors (Lipinski definition) is 6. The number of carbonyl (C=O) groups is 1. The van der Waals surface area contributed by atoms with Gasteiger partial charge in [0.2, 0.25) is 5.84 Å². The molecule has 0 unspecified atom stereocenters. The van der Waals surface area contributed by atoms with Gasteiger partial charge in [-0.2, -0.15) is 0 Å². The number of methoxy groups -OCH3 is 2. The van der Waals surface area contributed by atoms with Gasteiger partial charge in [-0.1, -0.05) is 15.9 Å². The van der Waals surface area contributed by atoms with Crippen LogP contribution in [0, 0.1) is 0 Å². The van der Waals surface area contributed by atoms with Crippen LogP contribution in [-0.2, 0) is 19.0 Å². The Bertz CT molecular complexity index is 515. The summed E-state index contributed by atoms with van der Waals surface area (Å²) in [5, 5.41) is 4.24. The molecular weight excluding hydrogens is 378 g/mol. The lowest BCUT2D eigenvalue weighted by Gasteiger charge is -2.24. The Morgan fingerprint density at radius 3 is 2.25 bits per heavy atom. The summed E-state index contributed by atoms with van der Waals surface area (Å²) in [7, 11) is 3.21. The van der Waals surface area contributed by atoms with Gasteiger partial charge < -0.3 is 19.1 Å². The number of rotatable bonds is 9. The first-order valence-electron chi connectivity index (χ1n) is 7.61. The van der Waals surface area contributed by atoms with E-state index in [0.29, 0.717) is 26.3 Å². The highest BCUT2D eigenvalue weighted by Crippen LogP contribution is 2.14. The second-order valence-electron chi connectivity index (χ2n) is 4.75. The van der Waals surface area contributed by atoms with Gasteiger partial charge in [-0.05, 0) is 31.2 Å². The van der Waals surface area contributed by atoms with Crippen molar-refractivity contribution in [3.8, 4) is 0 Å². The van der Waals surface area contributed by atoms with Crippen LogP contribution in [0.3, 0.4) is 0 Å². The van der Waals surface area contributed by atoms with Crippen LogP contribution in [0.25, 0.3) is 0 Å². The second-order valence-corrected chi connectivity index (χ2v) is 5.66. The molecule has 0 heterocycles. The Labute approximate surface area is 151 Å². The van der Waals surface area contributed by atoms with Crippen LogP contribution in [0.1, 0.15) is 6.92 Å². The van der Waals surface area contributed by atoms with Crippen molar-refractivity contribution in [1.82, 2.24) is 4.90 Å². The molecular formula is C16H24BrN3O4. The van der Waals surface area contributed by atoms with Crippen LogP contribution in [0.15, 0.2) is 33.8 Å². The predicted molar refractivity (Wildman–Crippen MR) is 97.2 cm³/mol. The standard InChI is InChI=1S/C16H24BrN3O4/c1-4-24-16(21)15(20(9-11-22-2)10-12-23-3)19-18-14-7-5-13(17)6-8-14/h5-8,18H,4,9-12H2,1-3H3/b19-15+. The van der Waals surface area contributed by atoms with Crippen molar-refractivity contribution in [2.45, 2.75) is 6.92 Å². The van der Waals surface area contributed by atoms with Gasteiger partial charge >= 0.3 is 5.97 Å². The Kier molecular flexibility index (Phi) is 10.1. The third-order valence-electron chi connectivity index (χ3n) is 3.02. The molecule has 1 aromatic carbocycles. The molecule has 1 aromatic rings. The van der Waals surface area contributed by atoms with E-state index in [9.17, 15) is 4.79 Å². The number of anilines is 1. The van der Waals surface area contributed by atoms with Crippen LogP contribution in [0.2, 0.25) is 0 Å². The molecule has 0 aliphatic carbocycles. The van der Waals surface area contributed by atoms with Gasteiger partial charge in [-0.3, -0.25) is 5.43 Å². The fraction of sp³-hybridized carbons (Fsp3) is 0.500. The average molecular weight is 402 g/mol. The number of hydrazone groups is 1. The number of halogens is 1. The molecule has 0 radical (unpaired) electrons. The van der Waals surface area contributed by atoms with Crippen LogP contribution < -0.4 is 5.43 Å². The van der Waals surface area contributed by atoms with Crippen molar-refractivity contribution in [1.29, 1.82) is 0 Å². The van der Waals surface area contributed by atoms with Gasteiger partial charge in [0.1, 0.15) is 0 Å². The number of esters is 1. The summed E-state index contributed by atoms with van der Waals surface area (Å²) < 4.78 is 16.3. The minimum Gasteiger partial charge on any atom is -0.460 e. The third kappa shape index (κ3) is 7.29. The zero-order valence-electron chi connectivity index (χ0n) is 14.3. The Morgan fingerprint density at radius 2 is 1.75 bits per heavy atom. The molecule has 0 atom stereocenters. The van der Waals surface area contributed by atoms with E-state index in [1.165, 1.54) is 0 Å². The smallest absolute Gasteiger partial charge is 0.375 e. The van der Waals surface area contributed by atoms with Gasteiger partial charge in [0.05, 0.1) is 25.5 Å². The Balaban J connectivity index is 2.94. The van der Waals surface area contributed by atoms with Gasteiger partial charge in [0.25, 0.3) is 0 Å². The van der Waals surface area contributed by atoms with Crippen molar-refractivity contribution < 1.29 is 19.0 Å². The van der Waals surface area contributed by atoms with Gasteiger partial charge in [-0.25, -0.2) is 4.79 Å². The van der Waals surface area contributed by atoms with E-state index < -0.39 is 5.97 Å². The average Bonchev–Trinajstić information content (AvgIpc) is 2.58. The second kappa shape index (κ2) is 11.8. The molecule has 0 bridgehead atoms. The molecule has 0 aromatic heterocycles. The summed E-state index contributed by atoms with van der Waals surface area (Å²) in [6, 6.07) is 7.47. The first kappa shape index (κ1) is 20.4. The lowest BCUT2D eigenvalue weighted by Crippen LogP contribution is -2.42. The fourth-order valence-electron chi connectivity index (χ4n) is 1.81. The summed E-state index contributed by atoms with van der Waals surface area (Å²) in [6.45, 7) is 3.95. The maximum absolute atomic E-state index is 12.3. The number of amidine groups is 1. The van der Waals surface area contributed by atoms with E-state index >= 15 is 0 Å². The summed E-state index contributed by atoms with van der Waals surface area (Å²) in [5.41, 5.74) is 3.65. The monoisotopic (exact) mass is 401 g/mol. The highest BCUT2D eigenvalue weighted by atomic mass is 79.9. The van der Waals surface area contributed by atoms with E-state index in [4.69, 9.17) is 14.2 Å². The minimum absolute atomic E-state index is 0.189. The van der Waals surface area contributed by atoms with Gasteiger partial charge in [0, 0.05) is 31.8 Å². The number of ether oxygens (including phenoxy) is 3. The lowest BCUT2D eigenvalue weighted by atomic mass is 10.3. The van der Waals surface area contributed by atoms with Crippen LogP contribution >= 0.6 is 15.9 Å². The van der Waals surface area contributed by atoms with Crippen LogP contribution in [0.4, 0.5) is 5.69 Å². The fourth-order valence-corrected chi connectivity index (χ4v) is 2.07. The van der Waals surface area contributed by atoms with E-state index in [2.05, 4.69) is 26.5 Å². The lowest BCUT2D eigenvalue weighted by molar-refractivity contribution is -0.136. The molecule has 0 aliphatic rings. The Morgan fingerprint density at radius 1 is 1.17 bits per heavy atom. The Hall–Kier alpha value is -1.64. The molecule has 8 heteroatoms. The van der Waals surface area contributed by atoms with E-state index in [0.717, 1.165) is 10.2 Å².